The van der Waals surface area contributed by atoms with Crippen LogP contribution in [0.2, 0.25) is 0 Å². The Morgan fingerprint density at radius 3 is 2.52 bits per heavy atom. The van der Waals surface area contributed by atoms with Gasteiger partial charge in [-0.3, -0.25) is 4.79 Å². The summed E-state index contributed by atoms with van der Waals surface area (Å²) in [4.78, 5) is 15.2. The molecule has 0 bridgehead atoms. The number of carbonyl (C=O) groups excluding carboxylic acids is 1. The molecule has 0 saturated carbocycles. The molecule has 1 aromatic rings. The minimum absolute atomic E-state index is 0.0841. The Morgan fingerprint density at radius 1 is 1.24 bits per heavy atom. The van der Waals surface area contributed by atoms with Crippen LogP contribution < -0.4 is 14.2 Å². The minimum Gasteiger partial charge on any atom is -0.493 e. The summed E-state index contributed by atoms with van der Waals surface area (Å²) in [5.74, 6) is 1.33. The van der Waals surface area contributed by atoms with Gasteiger partial charge >= 0.3 is 0 Å². The van der Waals surface area contributed by atoms with Gasteiger partial charge in [0, 0.05) is 28.5 Å². The molecule has 1 aromatic carbocycles. The molecule has 1 aliphatic rings. The van der Waals surface area contributed by atoms with Crippen LogP contribution in [0.3, 0.4) is 0 Å². The Labute approximate surface area is 122 Å². The zero-order valence-electron chi connectivity index (χ0n) is 12.3. The molecule has 0 fully saturated rings. The first-order valence-corrected chi connectivity index (χ1v) is 6.55. The molecule has 21 heavy (non-hydrogen) atoms. The smallest absolute Gasteiger partial charge is 0.203 e. The molecule has 0 radical (unpaired) electrons. The van der Waals surface area contributed by atoms with Gasteiger partial charge in [0.05, 0.1) is 21.3 Å². The highest BCUT2D eigenvalue weighted by Crippen LogP contribution is 2.44. The van der Waals surface area contributed by atoms with E-state index in [-0.39, 0.29) is 18.2 Å². The van der Waals surface area contributed by atoms with Crippen LogP contribution in [-0.2, 0) is 6.42 Å². The topological polar surface area (TPSA) is 93.5 Å². The lowest BCUT2D eigenvalue weighted by Gasteiger charge is -2.17. The van der Waals surface area contributed by atoms with Crippen LogP contribution in [0.15, 0.2) is 11.2 Å². The number of rotatable bonds is 4. The van der Waals surface area contributed by atoms with E-state index in [1.54, 1.807) is 6.07 Å². The lowest BCUT2D eigenvalue weighted by Crippen LogP contribution is -2.09. The molecule has 0 spiro atoms. The molecule has 7 nitrogen and oxygen atoms in total. The average Bonchev–Trinajstić information content (AvgIpc) is 2.65. The maximum absolute atomic E-state index is 12.4. The second-order valence-corrected chi connectivity index (χ2v) is 4.70. The van der Waals surface area contributed by atoms with Crippen molar-refractivity contribution in [3.05, 3.63) is 27.6 Å². The normalized spacial score (nSPS) is 17.3. The first kappa shape index (κ1) is 15.0. The summed E-state index contributed by atoms with van der Waals surface area (Å²) in [7, 11) is 4.56. The summed E-state index contributed by atoms with van der Waals surface area (Å²) in [5.41, 5.74) is 9.88. The summed E-state index contributed by atoms with van der Waals surface area (Å²) in [6.07, 6.45) is 1.36. The fourth-order valence-electron chi connectivity index (χ4n) is 2.62. The van der Waals surface area contributed by atoms with E-state index in [9.17, 15) is 4.79 Å². The zero-order valence-corrected chi connectivity index (χ0v) is 12.3. The first-order valence-electron chi connectivity index (χ1n) is 6.55. The molecule has 1 aliphatic carbocycles. The summed E-state index contributed by atoms with van der Waals surface area (Å²) < 4.78 is 16.0. The quantitative estimate of drug-likeness (QED) is 0.369. The van der Waals surface area contributed by atoms with Crippen LogP contribution in [-0.4, -0.2) is 33.2 Å². The number of methoxy groups -OCH3 is 3. The van der Waals surface area contributed by atoms with Crippen molar-refractivity contribution in [1.29, 1.82) is 0 Å². The Bertz CT molecular complexity index is 609. The van der Waals surface area contributed by atoms with Crippen LogP contribution in [0.25, 0.3) is 10.4 Å². The number of ketones is 1. The standard InChI is InChI=1S/C14H17N3O4/c1-19-12-7-10-9(13(20-2)14(12)21-3)5-4-8(16-17-15)6-11(10)18/h7-8H,4-6H2,1-3H3. The number of Topliss-reactive ketones (excluding diaryl/α,β-unsaturated/α-hetero) is 1. The highest BCUT2D eigenvalue weighted by Gasteiger charge is 2.28. The second kappa shape index (κ2) is 6.37. The number of hydrogen-bond donors (Lipinski definition) is 0. The van der Waals surface area contributed by atoms with Gasteiger partial charge < -0.3 is 14.2 Å². The largest absolute Gasteiger partial charge is 0.493 e. The van der Waals surface area contributed by atoms with E-state index >= 15 is 0 Å². The van der Waals surface area contributed by atoms with Crippen LogP contribution in [0.5, 0.6) is 17.2 Å². The van der Waals surface area contributed by atoms with Crippen molar-refractivity contribution >= 4 is 5.78 Å². The van der Waals surface area contributed by atoms with E-state index in [1.807, 2.05) is 0 Å². The summed E-state index contributed by atoms with van der Waals surface area (Å²) >= 11 is 0. The maximum atomic E-state index is 12.4. The third-order valence-electron chi connectivity index (χ3n) is 3.60. The number of benzene rings is 1. The molecule has 0 amide bonds. The van der Waals surface area contributed by atoms with Gasteiger partial charge in [0.2, 0.25) is 5.75 Å². The third kappa shape index (κ3) is 2.73. The van der Waals surface area contributed by atoms with E-state index in [4.69, 9.17) is 19.7 Å². The van der Waals surface area contributed by atoms with Crippen LogP contribution in [0.4, 0.5) is 0 Å². The average molecular weight is 291 g/mol. The van der Waals surface area contributed by atoms with E-state index in [1.165, 1.54) is 21.3 Å². The fraction of sp³-hybridized carbons (Fsp3) is 0.500. The number of carbonyl (C=O) groups is 1. The van der Waals surface area contributed by atoms with Crippen molar-refractivity contribution in [2.75, 3.05) is 21.3 Å². The van der Waals surface area contributed by atoms with E-state index in [0.29, 0.717) is 35.7 Å². The second-order valence-electron chi connectivity index (χ2n) is 4.70. The van der Waals surface area contributed by atoms with Crippen molar-refractivity contribution in [1.82, 2.24) is 0 Å². The summed E-state index contributed by atoms with van der Waals surface area (Å²) in [6.45, 7) is 0. The van der Waals surface area contributed by atoms with E-state index in [2.05, 4.69) is 10.0 Å². The van der Waals surface area contributed by atoms with Gasteiger partial charge in [-0.2, -0.15) is 0 Å². The molecule has 0 N–H and O–H groups in total. The fourth-order valence-corrected chi connectivity index (χ4v) is 2.62. The molecule has 0 aliphatic heterocycles. The number of fused-ring (bicyclic) bond motifs is 1. The van der Waals surface area contributed by atoms with Gasteiger partial charge in [-0.25, -0.2) is 0 Å². The first-order chi connectivity index (χ1) is 10.2. The highest BCUT2D eigenvalue weighted by molar-refractivity contribution is 6.00. The number of ether oxygens (including phenoxy) is 3. The molecule has 1 unspecified atom stereocenters. The van der Waals surface area contributed by atoms with E-state index < -0.39 is 0 Å². The van der Waals surface area contributed by atoms with Gasteiger partial charge in [0.15, 0.2) is 17.3 Å². The van der Waals surface area contributed by atoms with Crippen molar-refractivity contribution < 1.29 is 19.0 Å². The SMILES string of the molecule is COc1cc2c(c(OC)c1OC)CCC(N=[N+]=[N-])CC2=O. The highest BCUT2D eigenvalue weighted by atomic mass is 16.5. The van der Waals surface area contributed by atoms with Crippen molar-refractivity contribution in [3.8, 4) is 17.2 Å². The van der Waals surface area contributed by atoms with Crippen molar-refractivity contribution in [3.63, 3.8) is 0 Å². The number of hydrogen-bond acceptors (Lipinski definition) is 5. The maximum Gasteiger partial charge on any atom is 0.203 e. The molecular weight excluding hydrogens is 274 g/mol. The molecule has 2 rings (SSSR count). The Balaban J connectivity index is 2.58. The molecular formula is C14H17N3O4. The van der Waals surface area contributed by atoms with Gasteiger partial charge in [0.1, 0.15) is 0 Å². The van der Waals surface area contributed by atoms with Crippen LogP contribution in [0.1, 0.15) is 28.8 Å². The summed E-state index contributed by atoms with van der Waals surface area (Å²) in [5, 5.41) is 3.67. The predicted octanol–water partition coefficient (Wildman–Crippen LogP) is 2.91. The lowest BCUT2D eigenvalue weighted by molar-refractivity contribution is 0.0976. The lowest BCUT2D eigenvalue weighted by atomic mass is 9.99. The monoisotopic (exact) mass is 291 g/mol. The Morgan fingerprint density at radius 2 is 1.95 bits per heavy atom. The summed E-state index contributed by atoms with van der Waals surface area (Å²) in [6, 6.07) is 1.33. The molecule has 112 valence electrons. The molecule has 1 atom stereocenters. The predicted molar refractivity (Wildman–Crippen MR) is 76.3 cm³/mol. The Kier molecular flexibility index (Phi) is 4.55. The minimum atomic E-state index is -0.336. The van der Waals surface area contributed by atoms with Crippen LogP contribution in [0, 0.1) is 0 Å². The third-order valence-corrected chi connectivity index (χ3v) is 3.60. The van der Waals surface area contributed by atoms with Crippen LogP contribution >= 0.6 is 0 Å². The van der Waals surface area contributed by atoms with Gasteiger partial charge in [-0.15, -0.1) is 0 Å². The van der Waals surface area contributed by atoms with E-state index in [0.717, 1.165) is 5.56 Å². The Hall–Kier alpha value is -2.40. The number of azide groups is 1. The van der Waals surface area contributed by atoms with Crippen molar-refractivity contribution in [2.45, 2.75) is 25.3 Å². The molecule has 7 heteroatoms. The van der Waals surface area contributed by atoms with Gasteiger partial charge in [0.25, 0.3) is 0 Å². The molecule has 0 heterocycles. The molecule has 0 aromatic heterocycles. The van der Waals surface area contributed by atoms with Crippen molar-refractivity contribution in [2.24, 2.45) is 5.11 Å². The van der Waals surface area contributed by atoms with Gasteiger partial charge in [-0.05, 0) is 24.4 Å². The van der Waals surface area contributed by atoms with Gasteiger partial charge in [-0.1, -0.05) is 5.11 Å². The number of nitrogens with zero attached hydrogens (tertiary/aromatic N) is 3. The molecule has 0 saturated heterocycles. The zero-order chi connectivity index (χ0) is 15.4.